The zero-order chi connectivity index (χ0) is 27.0. The summed E-state index contributed by atoms with van der Waals surface area (Å²) in [6.07, 6.45) is 2.65. The molecule has 0 radical (unpaired) electrons. The number of hydrogen-bond donors (Lipinski definition) is 1. The van der Waals surface area contributed by atoms with E-state index in [2.05, 4.69) is 41.2 Å². The van der Waals surface area contributed by atoms with Crippen molar-refractivity contribution in [3.8, 4) is 0 Å². The smallest absolute Gasteiger partial charge is 0.251 e. The standard InChI is InChI=1S/C31H37N3O3S/c1-21-5-14-30(23(3)19-21)38(36,37)26-10-7-24(8-11-26)31(35)32-25-9-12-27-22(2)6-13-29(28(27)20-25)34-17-15-33(4)16-18-34/h5-8,10-11,13-14,19,25H,9,12,15-18,20H2,1-4H3,(H,32,35)/t25-/m0/s1. The van der Waals surface area contributed by atoms with Gasteiger partial charge in [-0.15, -0.1) is 0 Å². The average molecular weight is 532 g/mol. The molecule has 0 aromatic heterocycles. The highest BCUT2D eigenvalue weighted by Gasteiger charge is 2.27. The molecular weight excluding hydrogens is 494 g/mol. The van der Waals surface area contributed by atoms with Crippen LogP contribution in [0.15, 0.2) is 64.4 Å². The number of anilines is 1. The second-order valence-electron chi connectivity index (χ2n) is 10.9. The molecule has 0 bridgehead atoms. The SMILES string of the molecule is Cc1ccc(S(=O)(=O)c2ccc(C(=O)N[C@H]3CCc4c(C)ccc(N5CCN(C)CC5)c4C3)cc2)c(C)c1. The topological polar surface area (TPSA) is 69.7 Å². The Morgan fingerprint density at radius 2 is 1.58 bits per heavy atom. The Hall–Kier alpha value is -3.16. The summed E-state index contributed by atoms with van der Waals surface area (Å²) in [5.41, 5.74) is 7.62. The highest BCUT2D eigenvalue weighted by molar-refractivity contribution is 7.91. The quantitative estimate of drug-likeness (QED) is 0.526. The van der Waals surface area contributed by atoms with E-state index >= 15 is 0 Å². The molecule has 1 aliphatic heterocycles. The van der Waals surface area contributed by atoms with Gasteiger partial charge in [0, 0.05) is 43.5 Å². The van der Waals surface area contributed by atoms with Crippen molar-refractivity contribution in [1.29, 1.82) is 0 Å². The van der Waals surface area contributed by atoms with Gasteiger partial charge >= 0.3 is 0 Å². The predicted molar refractivity (Wildman–Crippen MR) is 152 cm³/mol. The number of benzene rings is 3. The van der Waals surface area contributed by atoms with Crippen LogP contribution in [0.3, 0.4) is 0 Å². The third kappa shape index (κ3) is 5.22. The fourth-order valence-electron chi connectivity index (χ4n) is 5.79. The Balaban J connectivity index is 1.31. The van der Waals surface area contributed by atoms with Crippen molar-refractivity contribution in [3.63, 3.8) is 0 Å². The van der Waals surface area contributed by atoms with Crippen molar-refractivity contribution in [3.05, 3.63) is 88.0 Å². The lowest BCUT2D eigenvalue weighted by atomic mass is 9.84. The predicted octanol–water partition coefficient (Wildman–Crippen LogP) is 4.48. The summed E-state index contributed by atoms with van der Waals surface area (Å²) < 4.78 is 26.4. The van der Waals surface area contributed by atoms with Gasteiger partial charge in [-0.2, -0.15) is 0 Å². The number of hydrogen-bond acceptors (Lipinski definition) is 5. The molecule has 1 N–H and O–H groups in total. The fraction of sp³-hybridized carbons (Fsp3) is 0.387. The third-order valence-corrected chi connectivity index (χ3v) is 9.99. The largest absolute Gasteiger partial charge is 0.369 e. The average Bonchev–Trinajstić information content (AvgIpc) is 2.89. The van der Waals surface area contributed by atoms with E-state index in [0.29, 0.717) is 10.5 Å². The molecule has 1 saturated heterocycles. The maximum Gasteiger partial charge on any atom is 0.251 e. The minimum absolute atomic E-state index is 0.0432. The van der Waals surface area contributed by atoms with Crippen LogP contribution in [-0.2, 0) is 22.7 Å². The Bertz CT molecular complexity index is 1460. The summed E-state index contributed by atoms with van der Waals surface area (Å²) in [6.45, 7) is 10.1. The first-order valence-electron chi connectivity index (χ1n) is 13.4. The second-order valence-corrected chi connectivity index (χ2v) is 12.8. The van der Waals surface area contributed by atoms with Crippen molar-refractivity contribution in [1.82, 2.24) is 10.2 Å². The van der Waals surface area contributed by atoms with Crippen LogP contribution in [0.5, 0.6) is 0 Å². The first-order valence-corrected chi connectivity index (χ1v) is 14.9. The third-order valence-electron chi connectivity index (χ3n) is 8.06. The van der Waals surface area contributed by atoms with Crippen LogP contribution in [0, 0.1) is 20.8 Å². The van der Waals surface area contributed by atoms with E-state index in [1.807, 2.05) is 13.0 Å². The van der Waals surface area contributed by atoms with Crippen LogP contribution in [0.1, 0.15) is 44.6 Å². The molecule has 0 saturated carbocycles. The molecule has 3 aromatic rings. The van der Waals surface area contributed by atoms with Crippen molar-refractivity contribution in [2.24, 2.45) is 0 Å². The number of likely N-dealkylation sites (N-methyl/N-ethyl adjacent to an activating group) is 1. The van der Waals surface area contributed by atoms with Gasteiger partial charge in [0.05, 0.1) is 9.79 Å². The summed E-state index contributed by atoms with van der Waals surface area (Å²) in [4.78, 5) is 18.5. The zero-order valence-corrected chi connectivity index (χ0v) is 23.6. The molecule has 38 heavy (non-hydrogen) atoms. The van der Waals surface area contributed by atoms with Crippen LogP contribution in [0.2, 0.25) is 0 Å². The summed E-state index contributed by atoms with van der Waals surface area (Å²) in [5.74, 6) is -0.164. The highest BCUT2D eigenvalue weighted by atomic mass is 32.2. The van der Waals surface area contributed by atoms with Gasteiger partial charge in [0.15, 0.2) is 0 Å². The van der Waals surface area contributed by atoms with Gasteiger partial charge in [0.25, 0.3) is 5.91 Å². The van der Waals surface area contributed by atoms with Crippen molar-refractivity contribution < 1.29 is 13.2 Å². The fourth-order valence-corrected chi connectivity index (χ4v) is 7.27. The molecule has 1 aliphatic carbocycles. The number of fused-ring (bicyclic) bond motifs is 1. The minimum Gasteiger partial charge on any atom is -0.369 e. The van der Waals surface area contributed by atoms with Gasteiger partial charge in [0.2, 0.25) is 9.84 Å². The molecule has 7 heteroatoms. The van der Waals surface area contributed by atoms with E-state index in [9.17, 15) is 13.2 Å². The van der Waals surface area contributed by atoms with E-state index in [4.69, 9.17) is 0 Å². The normalized spacial score (nSPS) is 18.2. The molecule has 0 spiro atoms. The van der Waals surface area contributed by atoms with Crippen LogP contribution in [0.25, 0.3) is 0 Å². The van der Waals surface area contributed by atoms with Gasteiger partial charge in [-0.3, -0.25) is 4.79 Å². The van der Waals surface area contributed by atoms with Gasteiger partial charge < -0.3 is 15.1 Å². The molecule has 200 valence electrons. The van der Waals surface area contributed by atoms with Gasteiger partial charge in [0.1, 0.15) is 0 Å². The van der Waals surface area contributed by atoms with Gasteiger partial charge in [-0.1, -0.05) is 23.8 Å². The van der Waals surface area contributed by atoms with E-state index in [1.165, 1.54) is 34.5 Å². The first-order chi connectivity index (χ1) is 18.1. The van der Waals surface area contributed by atoms with Crippen molar-refractivity contribution in [2.75, 3.05) is 38.1 Å². The molecule has 2 aliphatic rings. The number of nitrogens with one attached hydrogen (secondary N) is 1. The maximum absolute atomic E-state index is 13.2. The lowest BCUT2D eigenvalue weighted by Gasteiger charge is -2.37. The number of nitrogens with zero attached hydrogens (tertiary/aromatic N) is 2. The lowest BCUT2D eigenvalue weighted by Crippen LogP contribution is -2.45. The van der Waals surface area contributed by atoms with E-state index in [1.54, 1.807) is 31.2 Å². The Kier molecular flexibility index (Phi) is 7.34. The second kappa shape index (κ2) is 10.5. The number of aryl methyl sites for hydroxylation is 3. The summed E-state index contributed by atoms with van der Waals surface area (Å²) in [6, 6.07) is 16.2. The van der Waals surface area contributed by atoms with Crippen LogP contribution in [0.4, 0.5) is 5.69 Å². The Morgan fingerprint density at radius 3 is 2.26 bits per heavy atom. The Morgan fingerprint density at radius 1 is 0.868 bits per heavy atom. The zero-order valence-electron chi connectivity index (χ0n) is 22.8. The van der Waals surface area contributed by atoms with Crippen LogP contribution in [-0.4, -0.2) is 58.5 Å². The van der Waals surface area contributed by atoms with Crippen molar-refractivity contribution >= 4 is 21.4 Å². The van der Waals surface area contributed by atoms with Gasteiger partial charge in [-0.25, -0.2) is 8.42 Å². The number of amides is 1. The number of sulfone groups is 1. The number of rotatable bonds is 5. The summed E-state index contributed by atoms with van der Waals surface area (Å²) in [7, 11) is -1.49. The van der Waals surface area contributed by atoms with E-state index in [-0.39, 0.29) is 16.8 Å². The molecule has 5 rings (SSSR count). The molecule has 3 aromatic carbocycles. The van der Waals surface area contributed by atoms with E-state index in [0.717, 1.165) is 56.6 Å². The van der Waals surface area contributed by atoms with Gasteiger partial charge in [-0.05, 0) is 106 Å². The molecule has 6 nitrogen and oxygen atoms in total. The molecule has 1 heterocycles. The van der Waals surface area contributed by atoms with Crippen LogP contribution >= 0.6 is 0 Å². The number of piperazine rings is 1. The highest BCUT2D eigenvalue weighted by Crippen LogP contribution is 2.33. The monoisotopic (exact) mass is 531 g/mol. The number of carbonyl (C=O) groups is 1. The molecular formula is C31H37N3O3S. The van der Waals surface area contributed by atoms with Crippen LogP contribution < -0.4 is 10.2 Å². The summed E-state index contributed by atoms with van der Waals surface area (Å²) >= 11 is 0. The lowest BCUT2D eigenvalue weighted by molar-refractivity contribution is 0.0933. The first kappa shape index (κ1) is 26.4. The van der Waals surface area contributed by atoms with E-state index < -0.39 is 9.84 Å². The maximum atomic E-state index is 13.2. The molecule has 1 atom stereocenters. The Labute approximate surface area is 226 Å². The molecule has 1 amide bonds. The number of carbonyl (C=O) groups excluding carboxylic acids is 1. The molecule has 0 unspecified atom stereocenters. The summed E-state index contributed by atoms with van der Waals surface area (Å²) in [5, 5.41) is 3.22. The van der Waals surface area contributed by atoms with Crippen molar-refractivity contribution in [2.45, 2.75) is 55.9 Å². The molecule has 1 fully saturated rings. The minimum atomic E-state index is -3.65.